The third kappa shape index (κ3) is 3.83. The second-order valence-corrected chi connectivity index (χ2v) is 5.44. The van der Waals surface area contributed by atoms with Crippen LogP contribution in [0.15, 0.2) is 4.99 Å². The quantitative estimate of drug-likeness (QED) is 0.254. The second-order valence-electron chi connectivity index (χ2n) is 5.44. The van der Waals surface area contributed by atoms with Gasteiger partial charge >= 0.3 is 6.03 Å². The van der Waals surface area contributed by atoms with Gasteiger partial charge in [-0.2, -0.15) is 0 Å². The highest BCUT2D eigenvalue weighted by Crippen LogP contribution is 2.15. The van der Waals surface area contributed by atoms with Gasteiger partial charge in [-0.15, -0.1) is 0 Å². The van der Waals surface area contributed by atoms with Crippen LogP contribution in [-0.4, -0.2) is 105 Å². The molecule has 5 atom stereocenters. The fourth-order valence-electron chi connectivity index (χ4n) is 2.52. The number of hydrogen-bond donors (Lipinski definition) is 7. The van der Waals surface area contributed by atoms with E-state index < -0.39 is 49.1 Å². The summed E-state index contributed by atoms with van der Waals surface area (Å²) < 4.78 is 0. The van der Waals surface area contributed by atoms with Crippen LogP contribution in [0.3, 0.4) is 0 Å². The molecule has 2 aliphatic rings. The molecule has 7 N–H and O–H groups in total. The number of carbonyl (C=O) groups excluding carboxylic acids is 2. The average Bonchev–Trinajstić information content (AvgIpc) is 2.53. The van der Waals surface area contributed by atoms with Crippen LogP contribution in [0.25, 0.3) is 0 Å². The third-order valence-electron chi connectivity index (χ3n) is 3.73. The first kappa shape index (κ1) is 17.7. The fourth-order valence-corrected chi connectivity index (χ4v) is 2.52. The summed E-state index contributed by atoms with van der Waals surface area (Å²) in [5, 5.41) is 51.6. The predicted molar refractivity (Wildman–Crippen MR) is 75.5 cm³/mol. The minimum atomic E-state index is -1.61. The molecule has 0 spiro atoms. The molecule has 0 aliphatic carbocycles. The molecule has 0 saturated carbocycles. The van der Waals surface area contributed by atoms with Crippen LogP contribution in [0.2, 0.25) is 0 Å². The zero-order chi connectivity index (χ0) is 17.1. The van der Waals surface area contributed by atoms with E-state index in [0.29, 0.717) is 0 Å². The number of imide groups is 1. The van der Waals surface area contributed by atoms with E-state index in [-0.39, 0.29) is 25.4 Å². The molecular formula is C12H20N4O7. The lowest BCUT2D eigenvalue weighted by Gasteiger charge is -2.41. The molecule has 23 heavy (non-hydrogen) atoms. The number of carbonyl (C=O) groups is 2. The highest BCUT2D eigenvalue weighted by molar-refractivity contribution is 6.45. The number of amides is 3. The van der Waals surface area contributed by atoms with Gasteiger partial charge in [0.05, 0.1) is 25.4 Å². The lowest BCUT2D eigenvalue weighted by atomic mass is 10.0. The number of nitrogens with zero attached hydrogens (tertiary/aromatic N) is 2. The van der Waals surface area contributed by atoms with E-state index in [1.54, 1.807) is 0 Å². The van der Waals surface area contributed by atoms with Gasteiger partial charge in [-0.1, -0.05) is 0 Å². The number of aliphatic hydroxyl groups excluding tert-OH is 5. The molecule has 0 bridgehead atoms. The summed E-state index contributed by atoms with van der Waals surface area (Å²) in [7, 11) is 0. The zero-order valence-corrected chi connectivity index (χ0v) is 12.2. The summed E-state index contributed by atoms with van der Waals surface area (Å²) in [6.45, 7) is -1.16. The van der Waals surface area contributed by atoms with Gasteiger partial charge < -0.3 is 30.8 Å². The number of β-amino-alcohol motifs (C(OH)–C–C–N with tert-alkyl or cyclic N) is 1. The Morgan fingerprint density at radius 2 is 1.91 bits per heavy atom. The molecule has 3 amide bonds. The van der Waals surface area contributed by atoms with Crippen molar-refractivity contribution in [3.8, 4) is 0 Å². The summed E-state index contributed by atoms with van der Waals surface area (Å²) in [5.41, 5.74) is -0.0145. The first-order chi connectivity index (χ1) is 10.9. The van der Waals surface area contributed by atoms with E-state index in [0.717, 1.165) is 0 Å². The van der Waals surface area contributed by atoms with Crippen LogP contribution >= 0.6 is 0 Å². The van der Waals surface area contributed by atoms with Crippen molar-refractivity contribution in [1.82, 2.24) is 15.5 Å². The topological polar surface area (TPSA) is 175 Å². The Kier molecular flexibility index (Phi) is 5.62. The van der Waals surface area contributed by atoms with Crippen LogP contribution in [0.4, 0.5) is 4.79 Å². The number of fused-ring (bicyclic) bond motifs is 1. The van der Waals surface area contributed by atoms with Crippen LogP contribution in [0, 0.1) is 0 Å². The fraction of sp³-hybridized carbons (Fsp3) is 0.750. The first-order valence-corrected chi connectivity index (χ1v) is 7.06. The largest absolute Gasteiger partial charge is 0.394 e. The third-order valence-corrected chi connectivity index (χ3v) is 3.73. The standard InChI is InChI=1S/C12H20N4O7/c17-3-5-1-16(2-6(19)9(21)7(20)4-18)10-8(13-5)11(22)15-12(23)14-10/h5-7,9-10,17-21H,1-4H2,(H2,14,15,22,23)/t5?,6-,7+,9-,10?/m0/s1. The van der Waals surface area contributed by atoms with Gasteiger partial charge in [0.1, 0.15) is 24.1 Å². The monoisotopic (exact) mass is 332 g/mol. The predicted octanol–water partition coefficient (Wildman–Crippen LogP) is -4.66. The number of nitrogens with one attached hydrogen (secondary N) is 2. The Bertz CT molecular complexity index is 500. The normalized spacial score (nSPS) is 29.0. The molecule has 2 heterocycles. The summed E-state index contributed by atoms with van der Waals surface area (Å²) in [5.74, 6) is -0.702. The zero-order valence-electron chi connectivity index (χ0n) is 12.2. The molecule has 1 fully saturated rings. The van der Waals surface area contributed by atoms with Gasteiger partial charge in [0.25, 0.3) is 5.91 Å². The maximum absolute atomic E-state index is 11.8. The van der Waals surface area contributed by atoms with Crippen molar-refractivity contribution in [2.75, 3.05) is 26.3 Å². The summed E-state index contributed by atoms with van der Waals surface area (Å²) in [6, 6.07) is -1.36. The molecule has 2 rings (SSSR count). The minimum Gasteiger partial charge on any atom is -0.394 e. The van der Waals surface area contributed by atoms with E-state index in [1.165, 1.54) is 4.90 Å². The minimum absolute atomic E-state index is 0.0145. The van der Waals surface area contributed by atoms with Crippen molar-refractivity contribution in [1.29, 1.82) is 0 Å². The van der Waals surface area contributed by atoms with Gasteiger partial charge in [-0.25, -0.2) is 4.79 Å². The summed E-state index contributed by atoms with van der Waals surface area (Å²) in [6.07, 6.45) is -5.49. The number of aliphatic hydroxyl groups is 5. The Morgan fingerprint density at radius 1 is 1.22 bits per heavy atom. The van der Waals surface area contributed by atoms with Crippen molar-refractivity contribution in [3.63, 3.8) is 0 Å². The van der Waals surface area contributed by atoms with E-state index in [1.807, 2.05) is 5.32 Å². The van der Waals surface area contributed by atoms with E-state index in [2.05, 4.69) is 10.3 Å². The second kappa shape index (κ2) is 7.29. The highest BCUT2D eigenvalue weighted by atomic mass is 16.4. The summed E-state index contributed by atoms with van der Waals surface area (Å²) >= 11 is 0. The lowest BCUT2D eigenvalue weighted by molar-refractivity contribution is -0.115. The molecule has 1 saturated heterocycles. The molecule has 0 aromatic rings. The van der Waals surface area contributed by atoms with Crippen molar-refractivity contribution in [3.05, 3.63) is 0 Å². The van der Waals surface area contributed by atoms with Gasteiger partial charge in [-0.05, 0) is 0 Å². The summed E-state index contributed by atoms with van der Waals surface area (Å²) in [4.78, 5) is 28.8. The van der Waals surface area contributed by atoms with Crippen molar-refractivity contribution in [2.24, 2.45) is 4.99 Å². The number of rotatable bonds is 6. The van der Waals surface area contributed by atoms with Crippen molar-refractivity contribution in [2.45, 2.75) is 30.5 Å². The Labute approximate surface area is 131 Å². The highest BCUT2D eigenvalue weighted by Gasteiger charge is 2.41. The van der Waals surface area contributed by atoms with Crippen LogP contribution in [0.1, 0.15) is 0 Å². The van der Waals surface area contributed by atoms with Crippen LogP contribution < -0.4 is 10.6 Å². The van der Waals surface area contributed by atoms with E-state index in [4.69, 9.17) is 5.11 Å². The van der Waals surface area contributed by atoms with Crippen LogP contribution in [0.5, 0.6) is 0 Å². The number of urea groups is 1. The van der Waals surface area contributed by atoms with Crippen molar-refractivity contribution >= 4 is 17.6 Å². The SMILES string of the molecule is O=C1NC(=O)C2=NC(CO)CN(C[C@H](O)[C@H](O)[C@H](O)CO)C2N1. The number of hydrogen-bond acceptors (Lipinski definition) is 9. The maximum Gasteiger partial charge on any atom is 0.323 e. The molecule has 0 aromatic heterocycles. The average molecular weight is 332 g/mol. The molecule has 0 aromatic carbocycles. The molecule has 0 radical (unpaired) electrons. The lowest BCUT2D eigenvalue weighted by Crippen LogP contribution is -2.69. The Hall–Kier alpha value is -1.63. The molecule has 130 valence electrons. The molecule has 11 heteroatoms. The Morgan fingerprint density at radius 3 is 2.52 bits per heavy atom. The Balaban J connectivity index is 2.15. The van der Waals surface area contributed by atoms with Gasteiger partial charge in [-0.3, -0.25) is 20.0 Å². The first-order valence-electron chi connectivity index (χ1n) is 7.06. The van der Waals surface area contributed by atoms with Gasteiger partial charge in [0, 0.05) is 13.1 Å². The van der Waals surface area contributed by atoms with Gasteiger partial charge in [0.2, 0.25) is 0 Å². The molecule has 2 unspecified atom stereocenters. The molecule has 2 aliphatic heterocycles. The molecular weight excluding hydrogens is 312 g/mol. The van der Waals surface area contributed by atoms with E-state index >= 15 is 0 Å². The molecule has 11 nitrogen and oxygen atoms in total. The smallest absolute Gasteiger partial charge is 0.323 e. The maximum atomic E-state index is 11.8. The van der Waals surface area contributed by atoms with Gasteiger partial charge in [0.15, 0.2) is 0 Å². The van der Waals surface area contributed by atoms with Crippen LogP contribution in [-0.2, 0) is 4.79 Å². The van der Waals surface area contributed by atoms with Crippen molar-refractivity contribution < 1.29 is 35.1 Å². The number of aliphatic imine (C=N–C) groups is 1. The van der Waals surface area contributed by atoms with E-state index in [9.17, 15) is 30.0 Å².